The van der Waals surface area contributed by atoms with Gasteiger partial charge in [0.1, 0.15) is 0 Å². The lowest BCUT2D eigenvalue weighted by Gasteiger charge is -2.33. The van der Waals surface area contributed by atoms with E-state index in [9.17, 15) is 5.11 Å². The molecule has 1 atom stereocenters. The Morgan fingerprint density at radius 3 is 2.68 bits per heavy atom. The third kappa shape index (κ3) is 2.98. The monoisotopic (exact) mass is 281 g/mol. The maximum absolute atomic E-state index is 9.92. The van der Waals surface area contributed by atoms with Crippen LogP contribution in [0.1, 0.15) is 31.4 Å². The molecule has 0 radical (unpaired) electrons. The quantitative estimate of drug-likeness (QED) is 0.747. The standard InChI is InChI=1S/C14H23N3OS/c1-10-7-13(17(2)16-10)19-9-14(8-18,11-3-4-11)15-12-5-6-12/h7,11-12,15,18H,3-6,8-9H2,1-2H3. The molecule has 2 fully saturated rings. The van der Waals surface area contributed by atoms with Gasteiger partial charge in [-0.2, -0.15) is 5.10 Å². The van der Waals surface area contributed by atoms with E-state index in [2.05, 4.69) is 16.5 Å². The van der Waals surface area contributed by atoms with E-state index in [0.29, 0.717) is 12.0 Å². The summed E-state index contributed by atoms with van der Waals surface area (Å²) in [6, 6.07) is 2.76. The van der Waals surface area contributed by atoms with Gasteiger partial charge in [0, 0.05) is 18.8 Å². The van der Waals surface area contributed by atoms with Crippen molar-refractivity contribution in [3.63, 3.8) is 0 Å². The Hall–Kier alpha value is -0.520. The molecule has 2 aliphatic rings. The molecule has 3 rings (SSSR count). The van der Waals surface area contributed by atoms with Gasteiger partial charge in [0.25, 0.3) is 0 Å². The molecule has 2 aliphatic carbocycles. The summed E-state index contributed by atoms with van der Waals surface area (Å²) < 4.78 is 1.94. The van der Waals surface area contributed by atoms with Crippen molar-refractivity contribution < 1.29 is 5.11 Å². The third-order valence-corrected chi connectivity index (χ3v) is 5.48. The highest BCUT2D eigenvalue weighted by molar-refractivity contribution is 7.99. The number of aliphatic hydroxyl groups is 1. The highest BCUT2D eigenvalue weighted by Gasteiger charge is 2.47. The Kier molecular flexibility index (Phi) is 3.62. The van der Waals surface area contributed by atoms with E-state index in [0.717, 1.165) is 11.4 Å². The number of aliphatic hydroxyl groups excluding tert-OH is 1. The molecule has 1 aromatic heterocycles. The predicted molar refractivity (Wildman–Crippen MR) is 77.4 cm³/mol. The number of thioether (sulfide) groups is 1. The van der Waals surface area contributed by atoms with Crippen molar-refractivity contribution in [3.8, 4) is 0 Å². The van der Waals surface area contributed by atoms with E-state index < -0.39 is 0 Å². The summed E-state index contributed by atoms with van der Waals surface area (Å²) in [5.74, 6) is 1.59. The zero-order valence-electron chi connectivity index (χ0n) is 11.7. The number of hydrogen-bond donors (Lipinski definition) is 2. The number of rotatable bonds is 7. The van der Waals surface area contributed by atoms with Crippen molar-refractivity contribution >= 4 is 11.8 Å². The number of hydrogen-bond acceptors (Lipinski definition) is 4. The first kappa shape index (κ1) is 13.5. The van der Waals surface area contributed by atoms with Gasteiger partial charge in [0.15, 0.2) is 0 Å². The zero-order chi connectivity index (χ0) is 13.5. The molecule has 1 heterocycles. The fraction of sp³-hybridized carbons (Fsp3) is 0.786. The summed E-state index contributed by atoms with van der Waals surface area (Å²) in [5, 5.41) is 19.2. The Morgan fingerprint density at radius 2 is 2.21 bits per heavy atom. The summed E-state index contributed by atoms with van der Waals surface area (Å²) in [5.41, 5.74) is 0.977. The maximum Gasteiger partial charge on any atom is 0.0939 e. The van der Waals surface area contributed by atoms with Gasteiger partial charge < -0.3 is 10.4 Å². The zero-order valence-corrected chi connectivity index (χ0v) is 12.5. The SMILES string of the molecule is Cc1cc(SCC(CO)(NC2CC2)C2CC2)n(C)n1. The highest BCUT2D eigenvalue weighted by Crippen LogP contribution is 2.43. The Bertz CT molecular complexity index is 454. The van der Waals surface area contributed by atoms with Crippen LogP contribution in [0.5, 0.6) is 0 Å². The van der Waals surface area contributed by atoms with Crippen molar-refractivity contribution in [1.82, 2.24) is 15.1 Å². The maximum atomic E-state index is 9.92. The second kappa shape index (κ2) is 5.11. The second-order valence-electron chi connectivity index (χ2n) is 6.04. The smallest absolute Gasteiger partial charge is 0.0939 e. The number of aryl methyl sites for hydroxylation is 2. The van der Waals surface area contributed by atoms with Crippen LogP contribution >= 0.6 is 11.8 Å². The summed E-state index contributed by atoms with van der Waals surface area (Å²) >= 11 is 1.82. The summed E-state index contributed by atoms with van der Waals surface area (Å²) in [6.07, 6.45) is 5.05. The van der Waals surface area contributed by atoms with E-state index in [1.165, 1.54) is 30.7 Å². The average Bonchev–Trinajstić information content (AvgIpc) is 3.24. The first-order valence-electron chi connectivity index (χ1n) is 7.15. The van der Waals surface area contributed by atoms with Crippen molar-refractivity contribution in [2.24, 2.45) is 13.0 Å². The molecule has 2 N–H and O–H groups in total. The number of aromatic nitrogens is 2. The van der Waals surface area contributed by atoms with Gasteiger partial charge >= 0.3 is 0 Å². The molecule has 106 valence electrons. The van der Waals surface area contributed by atoms with Gasteiger partial charge in [-0.3, -0.25) is 4.68 Å². The topological polar surface area (TPSA) is 50.1 Å². The fourth-order valence-corrected chi connectivity index (χ4v) is 3.99. The van der Waals surface area contributed by atoms with Gasteiger partial charge in [-0.05, 0) is 44.6 Å². The largest absolute Gasteiger partial charge is 0.394 e. The molecule has 0 saturated heterocycles. The van der Waals surface area contributed by atoms with Gasteiger partial charge in [0.05, 0.1) is 22.9 Å². The lowest BCUT2D eigenvalue weighted by molar-refractivity contribution is 0.157. The van der Waals surface area contributed by atoms with Crippen LogP contribution in [0.4, 0.5) is 0 Å². The first-order chi connectivity index (χ1) is 9.13. The molecular weight excluding hydrogens is 258 g/mol. The van der Waals surface area contributed by atoms with E-state index >= 15 is 0 Å². The van der Waals surface area contributed by atoms with Crippen molar-refractivity contribution in [3.05, 3.63) is 11.8 Å². The predicted octanol–water partition coefficient (Wildman–Crippen LogP) is 1.71. The lowest BCUT2D eigenvalue weighted by atomic mass is 9.96. The average molecular weight is 281 g/mol. The molecule has 0 spiro atoms. The van der Waals surface area contributed by atoms with Crippen molar-refractivity contribution in [2.75, 3.05) is 12.4 Å². The van der Waals surface area contributed by atoms with Crippen LogP contribution in [-0.4, -0.2) is 38.8 Å². The molecule has 5 heteroatoms. The van der Waals surface area contributed by atoms with Crippen LogP contribution in [0, 0.1) is 12.8 Å². The minimum absolute atomic E-state index is 0.0794. The summed E-state index contributed by atoms with van der Waals surface area (Å²) in [6.45, 7) is 2.27. The molecule has 0 aromatic carbocycles. The van der Waals surface area contributed by atoms with Crippen LogP contribution in [0.25, 0.3) is 0 Å². The molecule has 4 nitrogen and oxygen atoms in total. The van der Waals surface area contributed by atoms with Crippen LogP contribution < -0.4 is 5.32 Å². The van der Waals surface area contributed by atoms with Crippen LogP contribution in [-0.2, 0) is 7.05 Å². The van der Waals surface area contributed by atoms with Crippen molar-refractivity contribution in [2.45, 2.75) is 49.2 Å². The molecule has 0 aliphatic heterocycles. The minimum Gasteiger partial charge on any atom is -0.394 e. The van der Waals surface area contributed by atoms with Gasteiger partial charge in [-0.25, -0.2) is 0 Å². The molecule has 1 aromatic rings. The van der Waals surface area contributed by atoms with Crippen molar-refractivity contribution in [1.29, 1.82) is 0 Å². The summed E-state index contributed by atoms with van der Waals surface area (Å²) in [4.78, 5) is 0. The van der Waals surface area contributed by atoms with Crippen LogP contribution in [0.3, 0.4) is 0 Å². The Morgan fingerprint density at radius 1 is 1.47 bits per heavy atom. The van der Waals surface area contributed by atoms with E-state index in [1.807, 2.05) is 30.4 Å². The molecule has 2 saturated carbocycles. The fourth-order valence-electron chi connectivity index (χ4n) is 2.69. The van der Waals surface area contributed by atoms with E-state index in [-0.39, 0.29) is 12.1 Å². The third-order valence-electron chi connectivity index (χ3n) is 4.15. The Labute approximate surface area is 119 Å². The number of nitrogens with zero attached hydrogens (tertiary/aromatic N) is 2. The second-order valence-corrected chi connectivity index (χ2v) is 7.04. The molecule has 1 unspecified atom stereocenters. The molecular formula is C14H23N3OS. The number of nitrogens with one attached hydrogen (secondary N) is 1. The van der Waals surface area contributed by atoms with Crippen LogP contribution in [0.15, 0.2) is 11.1 Å². The molecule has 0 bridgehead atoms. The van der Waals surface area contributed by atoms with Crippen LogP contribution in [0.2, 0.25) is 0 Å². The minimum atomic E-state index is -0.0794. The lowest BCUT2D eigenvalue weighted by Crippen LogP contribution is -2.53. The van der Waals surface area contributed by atoms with Gasteiger partial charge in [-0.1, -0.05) is 0 Å². The highest BCUT2D eigenvalue weighted by atomic mass is 32.2. The summed E-state index contributed by atoms with van der Waals surface area (Å²) in [7, 11) is 1.99. The molecule has 0 amide bonds. The van der Waals surface area contributed by atoms with E-state index in [1.54, 1.807) is 0 Å². The van der Waals surface area contributed by atoms with Gasteiger partial charge in [-0.15, -0.1) is 11.8 Å². The molecule has 19 heavy (non-hydrogen) atoms. The normalized spacial score (nSPS) is 22.5. The Balaban J connectivity index is 1.68. The van der Waals surface area contributed by atoms with E-state index in [4.69, 9.17) is 0 Å². The first-order valence-corrected chi connectivity index (χ1v) is 8.13. The van der Waals surface area contributed by atoms with Gasteiger partial charge in [0.2, 0.25) is 0 Å².